The first-order valence-electron chi connectivity index (χ1n) is 5.08. The Morgan fingerprint density at radius 2 is 2.19 bits per heavy atom. The van der Waals surface area contributed by atoms with E-state index in [1.165, 1.54) is 0 Å². The molecule has 2 aromatic rings. The lowest BCUT2D eigenvalue weighted by molar-refractivity contribution is -0.136. The number of pyridine rings is 1. The summed E-state index contributed by atoms with van der Waals surface area (Å²) in [5.74, 6) is -0.860. The Bertz CT molecular complexity index is 570. The molecule has 84 valence electrons. The monoisotopic (exact) mass is 218 g/mol. The molecule has 0 radical (unpaired) electrons. The molecule has 4 heteroatoms. The van der Waals surface area contributed by atoms with Crippen molar-refractivity contribution in [3.63, 3.8) is 0 Å². The fraction of sp³-hybridized carbons (Fsp3) is 0.250. The van der Waals surface area contributed by atoms with Crippen LogP contribution >= 0.6 is 0 Å². The van der Waals surface area contributed by atoms with E-state index < -0.39 is 5.97 Å². The number of fused-ring (bicyclic) bond motifs is 1. The van der Waals surface area contributed by atoms with Crippen LogP contribution in [0.15, 0.2) is 18.3 Å². The van der Waals surface area contributed by atoms with Crippen LogP contribution in [0.25, 0.3) is 5.52 Å². The SMILES string of the molecule is Cc1ccn2c(C)c(N)c(CC(=O)O)c2c1. The molecule has 0 aliphatic heterocycles. The molecule has 0 saturated heterocycles. The summed E-state index contributed by atoms with van der Waals surface area (Å²) in [5, 5.41) is 8.86. The van der Waals surface area contributed by atoms with Crippen molar-refractivity contribution in [2.45, 2.75) is 20.3 Å². The van der Waals surface area contributed by atoms with E-state index in [9.17, 15) is 4.79 Å². The van der Waals surface area contributed by atoms with Gasteiger partial charge in [-0.2, -0.15) is 0 Å². The summed E-state index contributed by atoms with van der Waals surface area (Å²) >= 11 is 0. The molecule has 0 saturated carbocycles. The van der Waals surface area contributed by atoms with Crippen molar-refractivity contribution in [1.82, 2.24) is 4.40 Å². The zero-order valence-electron chi connectivity index (χ0n) is 9.32. The Morgan fingerprint density at radius 3 is 2.81 bits per heavy atom. The van der Waals surface area contributed by atoms with Gasteiger partial charge < -0.3 is 15.2 Å². The maximum atomic E-state index is 10.8. The number of nitrogens with zero attached hydrogens (tertiary/aromatic N) is 1. The first-order chi connectivity index (χ1) is 7.50. The molecule has 0 fully saturated rings. The van der Waals surface area contributed by atoms with Gasteiger partial charge in [0.1, 0.15) is 0 Å². The molecule has 0 aromatic carbocycles. The minimum absolute atomic E-state index is 0.0351. The standard InChI is InChI=1S/C12H14N2O2/c1-7-3-4-14-8(2)12(13)9(6-11(15)16)10(14)5-7/h3-5H,6,13H2,1-2H3,(H,15,16). The summed E-state index contributed by atoms with van der Waals surface area (Å²) in [6, 6.07) is 3.94. The van der Waals surface area contributed by atoms with Crippen LogP contribution in [0.2, 0.25) is 0 Å². The Kier molecular flexibility index (Phi) is 2.34. The van der Waals surface area contributed by atoms with Crippen LogP contribution in [0.3, 0.4) is 0 Å². The topological polar surface area (TPSA) is 67.7 Å². The van der Waals surface area contributed by atoms with Crippen molar-refractivity contribution < 1.29 is 9.90 Å². The number of hydrogen-bond donors (Lipinski definition) is 2. The summed E-state index contributed by atoms with van der Waals surface area (Å²) in [6.45, 7) is 3.87. The predicted molar refractivity (Wildman–Crippen MR) is 62.6 cm³/mol. The lowest BCUT2D eigenvalue weighted by Gasteiger charge is -2.00. The number of anilines is 1. The van der Waals surface area contributed by atoms with Crippen LogP contribution in [-0.2, 0) is 11.2 Å². The number of aryl methyl sites for hydroxylation is 2. The van der Waals surface area contributed by atoms with Crippen LogP contribution in [0.5, 0.6) is 0 Å². The van der Waals surface area contributed by atoms with Gasteiger partial charge >= 0.3 is 5.97 Å². The van der Waals surface area contributed by atoms with Crippen LogP contribution in [0.1, 0.15) is 16.8 Å². The molecule has 0 atom stereocenters. The van der Waals surface area contributed by atoms with Gasteiger partial charge in [0, 0.05) is 17.5 Å². The second-order valence-electron chi connectivity index (χ2n) is 4.01. The average Bonchev–Trinajstić information content (AvgIpc) is 2.43. The van der Waals surface area contributed by atoms with E-state index in [2.05, 4.69) is 0 Å². The van der Waals surface area contributed by atoms with Crippen LogP contribution in [-0.4, -0.2) is 15.5 Å². The summed E-state index contributed by atoms with van der Waals surface area (Å²) < 4.78 is 1.93. The number of nitrogen functional groups attached to an aromatic ring is 1. The van der Waals surface area contributed by atoms with E-state index in [4.69, 9.17) is 10.8 Å². The molecule has 2 aromatic heterocycles. The molecule has 3 N–H and O–H groups in total. The van der Waals surface area contributed by atoms with Gasteiger partial charge in [0.05, 0.1) is 17.6 Å². The Hall–Kier alpha value is -1.97. The molecule has 0 spiro atoms. The lowest BCUT2D eigenvalue weighted by Crippen LogP contribution is -2.02. The molecule has 0 bridgehead atoms. The smallest absolute Gasteiger partial charge is 0.307 e. The van der Waals surface area contributed by atoms with Crippen LogP contribution in [0, 0.1) is 13.8 Å². The summed E-state index contributed by atoms with van der Waals surface area (Å²) in [5.41, 5.74) is 10.1. The van der Waals surface area contributed by atoms with Crippen LogP contribution < -0.4 is 5.73 Å². The second-order valence-corrected chi connectivity index (χ2v) is 4.01. The Labute approximate surface area is 93.3 Å². The third-order valence-corrected chi connectivity index (χ3v) is 2.82. The summed E-state index contributed by atoms with van der Waals surface area (Å²) in [4.78, 5) is 10.8. The number of carboxylic acids is 1. The molecule has 0 aliphatic rings. The van der Waals surface area contributed by atoms with Gasteiger partial charge in [0.15, 0.2) is 0 Å². The molecule has 0 aliphatic carbocycles. The first-order valence-corrected chi connectivity index (χ1v) is 5.08. The van der Waals surface area contributed by atoms with Crippen molar-refractivity contribution >= 4 is 17.2 Å². The van der Waals surface area contributed by atoms with Crippen LogP contribution in [0.4, 0.5) is 5.69 Å². The van der Waals surface area contributed by atoms with E-state index in [0.29, 0.717) is 11.3 Å². The Morgan fingerprint density at radius 1 is 1.50 bits per heavy atom. The van der Waals surface area contributed by atoms with Gasteiger partial charge in [-0.05, 0) is 31.5 Å². The maximum absolute atomic E-state index is 10.8. The minimum Gasteiger partial charge on any atom is -0.481 e. The number of carboxylic acid groups (broad SMARTS) is 1. The van der Waals surface area contributed by atoms with E-state index in [0.717, 1.165) is 16.8 Å². The predicted octanol–water partition coefficient (Wildman–Crippen LogP) is 1.77. The maximum Gasteiger partial charge on any atom is 0.307 e. The first kappa shape index (κ1) is 10.5. The van der Waals surface area contributed by atoms with Crippen molar-refractivity contribution in [2.75, 3.05) is 5.73 Å². The van der Waals surface area contributed by atoms with Gasteiger partial charge in [-0.15, -0.1) is 0 Å². The molecular weight excluding hydrogens is 204 g/mol. The normalized spacial score (nSPS) is 10.9. The summed E-state index contributed by atoms with van der Waals surface area (Å²) in [7, 11) is 0. The highest BCUT2D eigenvalue weighted by Gasteiger charge is 2.15. The zero-order chi connectivity index (χ0) is 11.9. The van der Waals surface area contributed by atoms with E-state index >= 15 is 0 Å². The number of rotatable bonds is 2. The van der Waals surface area contributed by atoms with Crippen molar-refractivity contribution in [3.8, 4) is 0 Å². The van der Waals surface area contributed by atoms with Gasteiger partial charge in [0.25, 0.3) is 0 Å². The number of carbonyl (C=O) groups is 1. The number of aliphatic carboxylic acids is 1. The third kappa shape index (κ3) is 1.52. The molecule has 4 nitrogen and oxygen atoms in total. The number of nitrogens with two attached hydrogens (primary N) is 1. The quantitative estimate of drug-likeness (QED) is 0.807. The van der Waals surface area contributed by atoms with E-state index in [1.807, 2.05) is 36.6 Å². The largest absolute Gasteiger partial charge is 0.481 e. The molecule has 2 heterocycles. The van der Waals surface area contributed by atoms with Gasteiger partial charge in [-0.3, -0.25) is 4.79 Å². The van der Waals surface area contributed by atoms with Crippen molar-refractivity contribution in [2.24, 2.45) is 0 Å². The lowest BCUT2D eigenvalue weighted by atomic mass is 10.1. The third-order valence-electron chi connectivity index (χ3n) is 2.82. The number of hydrogen-bond acceptors (Lipinski definition) is 2. The highest BCUT2D eigenvalue weighted by molar-refractivity contribution is 5.81. The van der Waals surface area contributed by atoms with Gasteiger partial charge in [0.2, 0.25) is 0 Å². The molecular formula is C12H14N2O2. The fourth-order valence-corrected chi connectivity index (χ4v) is 1.95. The van der Waals surface area contributed by atoms with Gasteiger partial charge in [-0.25, -0.2) is 0 Å². The van der Waals surface area contributed by atoms with Crippen molar-refractivity contribution in [1.29, 1.82) is 0 Å². The van der Waals surface area contributed by atoms with E-state index in [1.54, 1.807) is 0 Å². The van der Waals surface area contributed by atoms with Crippen molar-refractivity contribution in [3.05, 3.63) is 35.2 Å². The molecule has 0 unspecified atom stereocenters. The fourth-order valence-electron chi connectivity index (χ4n) is 1.95. The van der Waals surface area contributed by atoms with Gasteiger partial charge in [-0.1, -0.05) is 0 Å². The number of aromatic nitrogens is 1. The summed E-state index contributed by atoms with van der Waals surface area (Å²) in [6.07, 6.45) is 1.88. The second kappa shape index (κ2) is 3.56. The molecule has 16 heavy (non-hydrogen) atoms. The highest BCUT2D eigenvalue weighted by atomic mass is 16.4. The minimum atomic E-state index is -0.860. The molecule has 2 rings (SSSR count). The average molecular weight is 218 g/mol. The van der Waals surface area contributed by atoms with E-state index in [-0.39, 0.29) is 6.42 Å². The molecule has 0 amide bonds. The Balaban J connectivity index is 2.75. The zero-order valence-corrected chi connectivity index (χ0v) is 9.32. The highest BCUT2D eigenvalue weighted by Crippen LogP contribution is 2.26.